The Balaban J connectivity index is 1.77. The highest BCUT2D eigenvalue weighted by Crippen LogP contribution is 2.30. The molecule has 0 bridgehead atoms. The Kier molecular flexibility index (Phi) is 4.86. The van der Waals surface area contributed by atoms with E-state index in [-0.39, 0.29) is 11.3 Å². The summed E-state index contributed by atoms with van der Waals surface area (Å²) in [6, 6.07) is 15.4. The summed E-state index contributed by atoms with van der Waals surface area (Å²) in [4.78, 5) is 26.2. The van der Waals surface area contributed by atoms with Crippen molar-refractivity contribution in [1.82, 2.24) is 4.90 Å². The van der Waals surface area contributed by atoms with E-state index in [1.54, 1.807) is 12.1 Å². The smallest absolute Gasteiger partial charge is 0.254 e. The normalized spacial score (nSPS) is 14.1. The number of carbonyl (C=O) groups is 2. The molecule has 1 aliphatic carbocycles. The predicted octanol–water partition coefficient (Wildman–Crippen LogP) is 3.89. The van der Waals surface area contributed by atoms with Gasteiger partial charge in [-0.15, -0.1) is 0 Å². The zero-order valence-electron chi connectivity index (χ0n) is 15.7. The summed E-state index contributed by atoms with van der Waals surface area (Å²) in [5.74, 6) is -0.377. The van der Waals surface area contributed by atoms with Crippen molar-refractivity contribution in [1.29, 1.82) is 0 Å². The lowest BCUT2D eigenvalue weighted by atomic mass is 9.86. The number of hydrogen-bond donors (Lipinski definition) is 1. The summed E-state index contributed by atoms with van der Waals surface area (Å²) in [7, 11) is 0. The second-order valence-corrected chi connectivity index (χ2v) is 8.05. The Morgan fingerprint density at radius 2 is 1.50 bits per heavy atom. The number of amides is 2. The minimum Gasteiger partial charge on any atom is -0.366 e. The molecule has 0 unspecified atom stereocenters. The average molecular weight is 350 g/mol. The maximum Gasteiger partial charge on any atom is 0.254 e. The molecule has 4 nitrogen and oxygen atoms in total. The molecule has 4 heteroatoms. The molecule has 0 atom stereocenters. The lowest BCUT2D eigenvalue weighted by Crippen LogP contribution is -2.32. The van der Waals surface area contributed by atoms with Gasteiger partial charge in [-0.25, -0.2) is 0 Å². The molecule has 0 aromatic heterocycles. The van der Waals surface area contributed by atoms with Crippen LogP contribution >= 0.6 is 0 Å². The number of rotatable bonds is 5. The first-order valence-electron chi connectivity index (χ1n) is 9.06. The molecule has 1 fully saturated rings. The molecule has 0 aliphatic heterocycles. The third-order valence-electron chi connectivity index (χ3n) is 4.84. The van der Waals surface area contributed by atoms with E-state index in [1.807, 2.05) is 41.3 Å². The van der Waals surface area contributed by atoms with Crippen LogP contribution in [0.1, 0.15) is 65.5 Å². The zero-order chi connectivity index (χ0) is 18.9. The Bertz CT molecular complexity index is 798. The Morgan fingerprint density at radius 3 is 1.96 bits per heavy atom. The molecule has 1 saturated carbocycles. The third-order valence-corrected chi connectivity index (χ3v) is 4.84. The first kappa shape index (κ1) is 18.2. The minimum atomic E-state index is -0.439. The Hall–Kier alpha value is -2.62. The van der Waals surface area contributed by atoms with Crippen LogP contribution in [0.4, 0.5) is 0 Å². The second kappa shape index (κ2) is 6.94. The van der Waals surface area contributed by atoms with Crippen molar-refractivity contribution >= 4 is 11.8 Å². The van der Waals surface area contributed by atoms with Crippen molar-refractivity contribution in [3.63, 3.8) is 0 Å². The van der Waals surface area contributed by atoms with Crippen LogP contribution in [0.5, 0.6) is 0 Å². The topological polar surface area (TPSA) is 63.4 Å². The standard InChI is InChI=1S/C22H26N2O2/c1-22(2,3)18-10-8-17(9-11-18)21(26)24(19-12-13-19)14-15-4-6-16(7-5-15)20(23)25/h4-11,19H,12-14H2,1-3H3,(H2,23,25). The summed E-state index contributed by atoms with van der Waals surface area (Å²) in [5.41, 5.74) is 8.78. The van der Waals surface area contributed by atoms with Crippen molar-refractivity contribution in [3.8, 4) is 0 Å². The van der Waals surface area contributed by atoms with Crippen LogP contribution in [-0.4, -0.2) is 22.8 Å². The number of benzene rings is 2. The van der Waals surface area contributed by atoms with E-state index >= 15 is 0 Å². The van der Waals surface area contributed by atoms with Gasteiger partial charge in [-0.1, -0.05) is 45.0 Å². The van der Waals surface area contributed by atoms with E-state index < -0.39 is 5.91 Å². The van der Waals surface area contributed by atoms with Crippen molar-refractivity contribution in [2.75, 3.05) is 0 Å². The predicted molar refractivity (Wildman–Crippen MR) is 103 cm³/mol. The zero-order valence-corrected chi connectivity index (χ0v) is 15.7. The van der Waals surface area contributed by atoms with Crippen LogP contribution in [-0.2, 0) is 12.0 Å². The second-order valence-electron chi connectivity index (χ2n) is 8.05. The fourth-order valence-electron chi connectivity index (χ4n) is 3.00. The third kappa shape index (κ3) is 4.13. The number of carbonyl (C=O) groups excluding carboxylic acids is 2. The molecule has 136 valence electrons. The molecule has 3 rings (SSSR count). The molecule has 2 aromatic rings. The van der Waals surface area contributed by atoms with Gasteiger partial charge in [0.1, 0.15) is 0 Å². The molecular weight excluding hydrogens is 324 g/mol. The highest BCUT2D eigenvalue weighted by atomic mass is 16.2. The largest absolute Gasteiger partial charge is 0.366 e. The van der Waals surface area contributed by atoms with E-state index in [4.69, 9.17) is 5.73 Å². The van der Waals surface area contributed by atoms with Gasteiger partial charge in [-0.05, 0) is 53.6 Å². The summed E-state index contributed by atoms with van der Waals surface area (Å²) in [6.07, 6.45) is 2.09. The monoisotopic (exact) mass is 350 g/mol. The van der Waals surface area contributed by atoms with Crippen LogP contribution in [0.2, 0.25) is 0 Å². The first-order valence-corrected chi connectivity index (χ1v) is 9.06. The minimum absolute atomic E-state index is 0.0620. The van der Waals surface area contributed by atoms with Crippen molar-refractivity contribution in [2.24, 2.45) is 5.73 Å². The van der Waals surface area contributed by atoms with Gasteiger partial charge in [0.2, 0.25) is 5.91 Å². The summed E-state index contributed by atoms with van der Waals surface area (Å²) in [5, 5.41) is 0. The number of hydrogen-bond acceptors (Lipinski definition) is 2. The molecule has 2 amide bonds. The van der Waals surface area contributed by atoms with Gasteiger partial charge in [0.15, 0.2) is 0 Å². The van der Waals surface area contributed by atoms with Crippen LogP contribution in [0.15, 0.2) is 48.5 Å². The van der Waals surface area contributed by atoms with Gasteiger partial charge in [0.25, 0.3) is 5.91 Å². The lowest BCUT2D eigenvalue weighted by Gasteiger charge is -2.24. The van der Waals surface area contributed by atoms with Gasteiger partial charge in [0.05, 0.1) is 0 Å². The molecule has 0 spiro atoms. The Labute approximate surface area is 155 Å². The summed E-state index contributed by atoms with van der Waals surface area (Å²) < 4.78 is 0. The highest BCUT2D eigenvalue weighted by molar-refractivity contribution is 5.95. The number of primary amides is 1. The van der Waals surface area contributed by atoms with Gasteiger partial charge < -0.3 is 10.6 Å². The van der Waals surface area contributed by atoms with Gasteiger partial charge in [0, 0.05) is 23.7 Å². The van der Waals surface area contributed by atoms with Gasteiger partial charge in [-0.3, -0.25) is 9.59 Å². The van der Waals surface area contributed by atoms with Crippen LogP contribution < -0.4 is 5.73 Å². The average Bonchev–Trinajstić information content (AvgIpc) is 3.44. The molecule has 0 saturated heterocycles. The quantitative estimate of drug-likeness (QED) is 0.889. The summed E-state index contributed by atoms with van der Waals surface area (Å²) >= 11 is 0. The molecule has 26 heavy (non-hydrogen) atoms. The summed E-state index contributed by atoms with van der Waals surface area (Å²) in [6.45, 7) is 7.03. The number of nitrogens with zero attached hydrogens (tertiary/aromatic N) is 1. The first-order chi connectivity index (χ1) is 12.3. The van der Waals surface area contributed by atoms with E-state index in [0.29, 0.717) is 18.2 Å². The van der Waals surface area contributed by atoms with Crippen molar-refractivity contribution in [3.05, 3.63) is 70.8 Å². The van der Waals surface area contributed by atoms with Crippen LogP contribution in [0.25, 0.3) is 0 Å². The molecule has 2 aromatic carbocycles. The van der Waals surface area contributed by atoms with Crippen molar-refractivity contribution in [2.45, 2.75) is 51.6 Å². The lowest BCUT2D eigenvalue weighted by molar-refractivity contribution is 0.0729. The van der Waals surface area contributed by atoms with E-state index in [2.05, 4.69) is 20.8 Å². The fourth-order valence-corrected chi connectivity index (χ4v) is 3.00. The SMILES string of the molecule is CC(C)(C)c1ccc(C(=O)N(Cc2ccc(C(N)=O)cc2)C2CC2)cc1. The van der Waals surface area contributed by atoms with Gasteiger partial charge >= 0.3 is 0 Å². The molecule has 0 heterocycles. The highest BCUT2D eigenvalue weighted by Gasteiger charge is 2.33. The maximum atomic E-state index is 13.0. The molecule has 1 aliphatic rings. The van der Waals surface area contributed by atoms with E-state index in [1.165, 1.54) is 5.56 Å². The van der Waals surface area contributed by atoms with E-state index in [0.717, 1.165) is 24.0 Å². The molecule has 2 N–H and O–H groups in total. The number of nitrogens with two attached hydrogens (primary N) is 1. The maximum absolute atomic E-state index is 13.0. The van der Waals surface area contributed by atoms with Crippen LogP contribution in [0, 0.1) is 0 Å². The van der Waals surface area contributed by atoms with E-state index in [9.17, 15) is 9.59 Å². The van der Waals surface area contributed by atoms with Crippen LogP contribution in [0.3, 0.4) is 0 Å². The fraction of sp³-hybridized carbons (Fsp3) is 0.364. The van der Waals surface area contributed by atoms with Gasteiger partial charge in [-0.2, -0.15) is 0 Å². The molecule has 0 radical (unpaired) electrons. The Morgan fingerprint density at radius 1 is 0.962 bits per heavy atom. The molecular formula is C22H26N2O2. The van der Waals surface area contributed by atoms with Crippen molar-refractivity contribution < 1.29 is 9.59 Å².